The fourth-order valence-corrected chi connectivity index (χ4v) is 5.22. The number of hydrogen-bond donors (Lipinski definition) is 1. The summed E-state index contributed by atoms with van der Waals surface area (Å²) in [5.41, 5.74) is 6.88. The molecule has 0 aliphatic carbocycles. The van der Waals surface area contributed by atoms with Gasteiger partial charge in [-0.3, -0.25) is 9.67 Å². The first kappa shape index (κ1) is 24.8. The van der Waals surface area contributed by atoms with Gasteiger partial charge in [0.1, 0.15) is 11.6 Å². The zero-order valence-corrected chi connectivity index (χ0v) is 23.2. The van der Waals surface area contributed by atoms with E-state index in [-0.39, 0.29) is 5.41 Å². The molecule has 7 rings (SSSR count). The Morgan fingerprint density at radius 2 is 1.51 bits per heavy atom. The Labute approximate surface area is 238 Å². The number of benzene rings is 3. The topological polar surface area (TPSA) is 68.6 Å². The molecule has 0 fully saturated rings. The van der Waals surface area contributed by atoms with Gasteiger partial charge < -0.3 is 4.74 Å². The predicted molar refractivity (Wildman–Crippen MR) is 165 cm³/mol. The number of rotatable bonds is 5. The van der Waals surface area contributed by atoms with Crippen molar-refractivity contribution in [3.63, 3.8) is 0 Å². The highest BCUT2D eigenvalue weighted by molar-refractivity contribution is 6.09. The molecule has 4 heterocycles. The van der Waals surface area contributed by atoms with E-state index in [1.54, 1.807) is 0 Å². The van der Waals surface area contributed by atoms with Crippen LogP contribution in [0.1, 0.15) is 26.3 Å². The maximum atomic E-state index is 6.33. The summed E-state index contributed by atoms with van der Waals surface area (Å²) >= 11 is 0. The number of pyridine rings is 2. The lowest BCUT2D eigenvalue weighted by Crippen LogP contribution is -2.12. The van der Waals surface area contributed by atoms with Gasteiger partial charge in [-0.2, -0.15) is 5.10 Å². The van der Waals surface area contributed by atoms with Crippen molar-refractivity contribution < 1.29 is 4.74 Å². The minimum atomic E-state index is 0.0118. The monoisotopic (exact) mass is 535 g/mol. The SMILES string of the molecule is CC(C)(C)c1ccnc(-n2c3ccccc3c3ccc(Oc4cccc(-c5cc(-c6ccccc6)n[nH]5)n4)cc32)c1. The molecule has 4 aromatic heterocycles. The van der Waals surface area contributed by atoms with Crippen LogP contribution in [-0.2, 0) is 5.41 Å². The maximum absolute atomic E-state index is 6.33. The van der Waals surface area contributed by atoms with Gasteiger partial charge in [-0.15, -0.1) is 0 Å². The predicted octanol–water partition coefficient (Wildman–Crippen LogP) is 8.72. The molecule has 7 aromatic rings. The Morgan fingerprint density at radius 1 is 0.707 bits per heavy atom. The molecular formula is C35H29N5O. The van der Waals surface area contributed by atoms with Gasteiger partial charge in [0, 0.05) is 34.7 Å². The van der Waals surface area contributed by atoms with E-state index in [4.69, 9.17) is 14.7 Å². The molecule has 0 saturated heterocycles. The zero-order valence-electron chi connectivity index (χ0n) is 23.2. The van der Waals surface area contributed by atoms with Crippen LogP contribution >= 0.6 is 0 Å². The highest BCUT2D eigenvalue weighted by atomic mass is 16.5. The van der Waals surface area contributed by atoms with Crippen LogP contribution in [0.25, 0.3) is 50.3 Å². The van der Waals surface area contributed by atoms with E-state index >= 15 is 0 Å². The minimum absolute atomic E-state index is 0.0118. The van der Waals surface area contributed by atoms with Crippen molar-refractivity contribution in [3.05, 3.63) is 121 Å². The normalized spacial score (nSPS) is 11.8. The smallest absolute Gasteiger partial charge is 0.219 e. The van der Waals surface area contributed by atoms with Gasteiger partial charge in [0.05, 0.1) is 28.1 Å². The second kappa shape index (κ2) is 9.75. The number of hydrogen-bond acceptors (Lipinski definition) is 4. The number of para-hydroxylation sites is 1. The van der Waals surface area contributed by atoms with Crippen molar-refractivity contribution in [3.8, 4) is 40.1 Å². The Bertz CT molecular complexity index is 2010. The average Bonchev–Trinajstić information content (AvgIpc) is 3.61. The molecule has 200 valence electrons. The zero-order chi connectivity index (χ0) is 28.0. The Kier molecular flexibility index (Phi) is 5.89. The van der Waals surface area contributed by atoms with Gasteiger partial charge in [-0.25, -0.2) is 9.97 Å². The molecule has 3 aromatic carbocycles. The molecule has 0 amide bonds. The first-order chi connectivity index (χ1) is 19.9. The second-order valence-corrected chi connectivity index (χ2v) is 11.2. The van der Waals surface area contributed by atoms with Gasteiger partial charge in [0.2, 0.25) is 5.88 Å². The van der Waals surface area contributed by atoms with Crippen LogP contribution in [0.15, 0.2) is 115 Å². The van der Waals surface area contributed by atoms with Crippen molar-refractivity contribution in [2.75, 3.05) is 0 Å². The summed E-state index contributed by atoms with van der Waals surface area (Å²) in [5, 5.41) is 9.90. The average molecular weight is 536 g/mol. The van der Waals surface area contributed by atoms with E-state index < -0.39 is 0 Å². The summed E-state index contributed by atoms with van der Waals surface area (Å²) in [6.07, 6.45) is 1.89. The largest absolute Gasteiger partial charge is 0.439 e. The first-order valence-corrected chi connectivity index (χ1v) is 13.7. The summed E-state index contributed by atoms with van der Waals surface area (Å²) in [6, 6.07) is 36.7. The summed E-state index contributed by atoms with van der Waals surface area (Å²) < 4.78 is 8.54. The van der Waals surface area contributed by atoms with E-state index in [0.717, 1.165) is 44.9 Å². The molecule has 6 nitrogen and oxygen atoms in total. The van der Waals surface area contributed by atoms with E-state index in [0.29, 0.717) is 11.6 Å². The van der Waals surface area contributed by atoms with Crippen LogP contribution < -0.4 is 4.74 Å². The molecule has 0 aliphatic heterocycles. The molecule has 0 unspecified atom stereocenters. The van der Waals surface area contributed by atoms with Gasteiger partial charge in [0.25, 0.3) is 0 Å². The minimum Gasteiger partial charge on any atom is -0.439 e. The van der Waals surface area contributed by atoms with Crippen LogP contribution in [0.3, 0.4) is 0 Å². The third-order valence-corrected chi connectivity index (χ3v) is 7.36. The highest BCUT2D eigenvalue weighted by Gasteiger charge is 2.18. The summed E-state index contributed by atoms with van der Waals surface area (Å²) in [4.78, 5) is 9.55. The van der Waals surface area contributed by atoms with Crippen LogP contribution in [-0.4, -0.2) is 24.7 Å². The fraction of sp³-hybridized carbons (Fsp3) is 0.114. The molecule has 6 heteroatoms. The van der Waals surface area contributed by atoms with Gasteiger partial charge >= 0.3 is 0 Å². The fourth-order valence-electron chi connectivity index (χ4n) is 5.22. The lowest BCUT2D eigenvalue weighted by molar-refractivity contribution is 0.464. The van der Waals surface area contributed by atoms with E-state index in [2.05, 4.69) is 84.1 Å². The van der Waals surface area contributed by atoms with E-state index in [1.165, 1.54) is 10.9 Å². The molecule has 0 aliphatic rings. The van der Waals surface area contributed by atoms with Crippen molar-refractivity contribution in [1.29, 1.82) is 0 Å². The van der Waals surface area contributed by atoms with E-state index in [9.17, 15) is 0 Å². The Balaban J connectivity index is 1.27. The number of nitrogens with one attached hydrogen (secondary N) is 1. The number of fused-ring (bicyclic) bond motifs is 3. The lowest BCUT2D eigenvalue weighted by Gasteiger charge is -2.20. The molecule has 0 radical (unpaired) electrons. The third kappa shape index (κ3) is 4.63. The molecule has 0 atom stereocenters. The number of aromatic amines is 1. The van der Waals surface area contributed by atoms with Gasteiger partial charge in [-0.05, 0) is 53.4 Å². The summed E-state index contributed by atoms with van der Waals surface area (Å²) in [7, 11) is 0. The Hall–Kier alpha value is -5.23. The number of ether oxygens (including phenoxy) is 1. The van der Waals surface area contributed by atoms with Crippen LogP contribution in [0.2, 0.25) is 0 Å². The Morgan fingerprint density at radius 3 is 2.37 bits per heavy atom. The molecule has 0 spiro atoms. The number of nitrogens with zero attached hydrogens (tertiary/aromatic N) is 4. The number of H-pyrrole nitrogens is 1. The first-order valence-electron chi connectivity index (χ1n) is 13.7. The number of aromatic nitrogens is 5. The molecule has 0 saturated carbocycles. The third-order valence-electron chi connectivity index (χ3n) is 7.36. The lowest BCUT2D eigenvalue weighted by atomic mass is 9.88. The van der Waals surface area contributed by atoms with Crippen LogP contribution in [0.4, 0.5) is 0 Å². The van der Waals surface area contributed by atoms with Crippen molar-refractivity contribution in [1.82, 2.24) is 24.7 Å². The van der Waals surface area contributed by atoms with Gasteiger partial charge in [0.15, 0.2) is 0 Å². The van der Waals surface area contributed by atoms with Crippen molar-refractivity contribution >= 4 is 21.8 Å². The van der Waals surface area contributed by atoms with Crippen LogP contribution in [0.5, 0.6) is 11.6 Å². The molecular weight excluding hydrogens is 506 g/mol. The second-order valence-electron chi connectivity index (χ2n) is 11.2. The quantitative estimate of drug-likeness (QED) is 0.239. The van der Waals surface area contributed by atoms with Crippen molar-refractivity contribution in [2.45, 2.75) is 26.2 Å². The molecule has 1 N–H and O–H groups in total. The van der Waals surface area contributed by atoms with Gasteiger partial charge in [-0.1, -0.05) is 75.4 Å². The summed E-state index contributed by atoms with van der Waals surface area (Å²) in [5.74, 6) is 2.09. The maximum Gasteiger partial charge on any atom is 0.219 e. The van der Waals surface area contributed by atoms with Crippen molar-refractivity contribution in [2.24, 2.45) is 0 Å². The molecule has 41 heavy (non-hydrogen) atoms. The molecule has 0 bridgehead atoms. The summed E-state index contributed by atoms with van der Waals surface area (Å²) in [6.45, 7) is 6.66. The highest BCUT2D eigenvalue weighted by Crippen LogP contribution is 2.36. The standard InChI is InChI=1S/C35H29N5O/c1-35(2,3)24-18-19-36-33(20-24)40-31-14-8-7-12-26(31)27-17-16-25(21-32(27)40)41-34-15-9-13-28(37-34)30-22-29(38-39-30)23-10-5-4-6-11-23/h4-22H,1-3H3,(H,38,39). The van der Waals surface area contributed by atoms with Crippen LogP contribution in [0, 0.1) is 0 Å². The van der Waals surface area contributed by atoms with E-state index in [1.807, 2.05) is 66.9 Å².